The summed E-state index contributed by atoms with van der Waals surface area (Å²) >= 11 is 0. The number of aromatic nitrogens is 2. The Bertz CT molecular complexity index is 357. The number of nitrogens with zero attached hydrogens (tertiary/aromatic N) is 3. The van der Waals surface area contributed by atoms with Crippen LogP contribution in [0.2, 0.25) is 0 Å². The SMILES string of the molecule is O=C(O)[C@@H]1C[C@H](O)CN1c1ccncn1. The molecular weight excluding hydrogens is 198 g/mol. The van der Waals surface area contributed by atoms with Crippen LogP contribution in [0.25, 0.3) is 0 Å². The van der Waals surface area contributed by atoms with Crippen molar-refractivity contribution in [1.82, 2.24) is 9.97 Å². The molecule has 0 aromatic carbocycles. The number of carboxylic acid groups (broad SMARTS) is 1. The second kappa shape index (κ2) is 3.82. The molecule has 0 saturated carbocycles. The van der Waals surface area contributed by atoms with E-state index in [1.165, 1.54) is 6.33 Å². The maximum Gasteiger partial charge on any atom is 0.326 e. The number of β-amino-alcohol motifs (C(OH)–C–C–N with tert-alkyl or cyclic N) is 1. The van der Waals surface area contributed by atoms with Crippen molar-refractivity contribution >= 4 is 11.8 Å². The van der Waals surface area contributed by atoms with Gasteiger partial charge in [-0.3, -0.25) is 0 Å². The van der Waals surface area contributed by atoms with Gasteiger partial charge in [0.15, 0.2) is 0 Å². The predicted molar refractivity (Wildman–Crippen MR) is 51.4 cm³/mol. The van der Waals surface area contributed by atoms with Gasteiger partial charge in [-0.15, -0.1) is 0 Å². The third-order valence-corrected chi connectivity index (χ3v) is 2.42. The normalized spacial score (nSPS) is 25.5. The van der Waals surface area contributed by atoms with Gasteiger partial charge in [-0.2, -0.15) is 0 Å². The molecule has 6 heteroatoms. The lowest BCUT2D eigenvalue weighted by atomic mass is 10.2. The number of anilines is 1. The fourth-order valence-corrected chi connectivity index (χ4v) is 1.75. The zero-order valence-electron chi connectivity index (χ0n) is 7.95. The molecule has 15 heavy (non-hydrogen) atoms. The summed E-state index contributed by atoms with van der Waals surface area (Å²) in [5, 5.41) is 18.4. The number of aliphatic hydroxyl groups excluding tert-OH is 1. The highest BCUT2D eigenvalue weighted by molar-refractivity contribution is 5.78. The Morgan fingerprint density at radius 3 is 3.00 bits per heavy atom. The molecule has 1 fully saturated rings. The fourth-order valence-electron chi connectivity index (χ4n) is 1.75. The van der Waals surface area contributed by atoms with Crippen molar-refractivity contribution in [2.75, 3.05) is 11.4 Å². The highest BCUT2D eigenvalue weighted by Crippen LogP contribution is 2.23. The van der Waals surface area contributed by atoms with Crippen molar-refractivity contribution in [2.45, 2.75) is 18.6 Å². The maximum atomic E-state index is 10.9. The molecule has 0 amide bonds. The van der Waals surface area contributed by atoms with Crippen LogP contribution in [-0.2, 0) is 4.79 Å². The molecule has 0 spiro atoms. The first-order chi connectivity index (χ1) is 7.18. The molecule has 1 saturated heterocycles. The monoisotopic (exact) mass is 209 g/mol. The van der Waals surface area contributed by atoms with E-state index in [-0.39, 0.29) is 6.42 Å². The Balaban J connectivity index is 2.24. The molecule has 2 N–H and O–H groups in total. The Morgan fingerprint density at radius 2 is 2.40 bits per heavy atom. The second-order valence-corrected chi connectivity index (χ2v) is 3.46. The van der Waals surface area contributed by atoms with E-state index in [1.807, 2.05) is 0 Å². The number of aliphatic carboxylic acids is 1. The third-order valence-electron chi connectivity index (χ3n) is 2.42. The van der Waals surface area contributed by atoms with Crippen LogP contribution in [-0.4, -0.2) is 44.8 Å². The highest BCUT2D eigenvalue weighted by Gasteiger charge is 2.36. The minimum absolute atomic E-state index is 0.235. The molecule has 2 heterocycles. The first-order valence-electron chi connectivity index (χ1n) is 4.62. The average Bonchev–Trinajstić information content (AvgIpc) is 2.62. The van der Waals surface area contributed by atoms with E-state index in [4.69, 9.17) is 5.11 Å². The zero-order chi connectivity index (χ0) is 10.8. The van der Waals surface area contributed by atoms with Crippen LogP contribution in [0, 0.1) is 0 Å². The van der Waals surface area contributed by atoms with E-state index in [0.717, 1.165) is 0 Å². The average molecular weight is 209 g/mol. The van der Waals surface area contributed by atoms with Gasteiger partial charge in [0.25, 0.3) is 0 Å². The lowest BCUT2D eigenvalue weighted by Gasteiger charge is -2.21. The summed E-state index contributed by atoms with van der Waals surface area (Å²) in [6, 6.07) is 0.934. The largest absolute Gasteiger partial charge is 0.480 e. The van der Waals surface area contributed by atoms with E-state index in [9.17, 15) is 9.90 Å². The number of hydrogen-bond donors (Lipinski definition) is 2. The number of carbonyl (C=O) groups is 1. The van der Waals surface area contributed by atoms with Crippen molar-refractivity contribution in [3.05, 3.63) is 18.6 Å². The number of aliphatic hydroxyl groups is 1. The van der Waals surface area contributed by atoms with E-state index in [1.54, 1.807) is 17.2 Å². The van der Waals surface area contributed by atoms with E-state index < -0.39 is 18.1 Å². The summed E-state index contributed by atoms with van der Waals surface area (Å²) < 4.78 is 0. The molecule has 80 valence electrons. The van der Waals surface area contributed by atoms with Crippen LogP contribution in [0.4, 0.5) is 5.82 Å². The highest BCUT2D eigenvalue weighted by atomic mass is 16.4. The third kappa shape index (κ3) is 1.89. The second-order valence-electron chi connectivity index (χ2n) is 3.46. The van der Waals surface area contributed by atoms with Crippen LogP contribution in [0.15, 0.2) is 18.6 Å². The molecule has 1 aromatic heterocycles. The van der Waals surface area contributed by atoms with Crippen molar-refractivity contribution in [3.8, 4) is 0 Å². The molecule has 6 nitrogen and oxygen atoms in total. The molecule has 0 aliphatic carbocycles. The van der Waals surface area contributed by atoms with Crippen molar-refractivity contribution in [2.24, 2.45) is 0 Å². The number of hydrogen-bond acceptors (Lipinski definition) is 5. The summed E-state index contributed by atoms with van der Waals surface area (Å²) in [6.45, 7) is 0.300. The zero-order valence-corrected chi connectivity index (χ0v) is 7.95. The summed E-state index contributed by atoms with van der Waals surface area (Å²) in [4.78, 5) is 20.2. The van der Waals surface area contributed by atoms with Gasteiger partial charge in [0.1, 0.15) is 18.2 Å². The summed E-state index contributed by atoms with van der Waals surface area (Å²) in [5.74, 6) is -0.404. The maximum absolute atomic E-state index is 10.9. The van der Waals surface area contributed by atoms with Gasteiger partial charge in [-0.1, -0.05) is 0 Å². The molecule has 1 aliphatic rings. The van der Waals surface area contributed by atoms with Crippen molar-refractivity contribution in [3.63, 3.8) is 0 Å². The Labute approximate surface area is 86.2 Å². The van der Waals surface area contributed by atoms with E-state index >= 15 is 0 Å². The molecule has 1 aromatic rings. The fraction of sp³-hybridized carbons (Fsp3) is 0.444. The molecule has 2 atom stereocenters. The van der Waals surface area contributed by atoms with Crippen LogP contribution in [0.5, 0.6) is 0 Å². The summed E-state index contributed by atoms with van der Waals surface area (Å²) in [7, 11) is 0. The van der Waals surface area contributed by atoms with Gasteiger partial charge in [0.05, 0.1) is 6.10 Å². The van der Waals surface area contributed by atoms with Gasteiger partial charge < -0.3 is 15.1 Å². The topological polar surface area (TPSA) is 86.5 Å². The van der Waals surface area contributed by atoms with Crippen LogP contribution >= 0.6 is 0 Å². The predicted octanol–water partition coefficient (Wildman–Crippen LogP) is -0.499. The van der Waals surface area contributed by atoms with E-state index in [0.29, 0.717) is 12.4 Å². The molecule has 0 radical (unpaired) electrons. The van der Waals surface area contributed by atoms with Gasteiger partial charge in [-0.25, -0.2) is 14.8 Å². The lowest BCUT2D eigenvalue weighted by Crippen LogP contribution is -2.36. The number of rotatable bonds is 2. The minimum atomic E-state index is -0.940. The molecule has 0 unspecified atom stereocenters. The Kier molecular flexibility index (Phi) is 2.51. The molecule has 0 bridgehead atoms. The summed E-state index contributed by atoms with van der Waals surface area (Å²) in [6.07, 6.45) is 2.53. The van der Waals surface area contributed by atoms with Crippen LogP contribution in [0.1, 0.15) is 6.42 Å². The first-order valence-corrected chi connectivity index (χ1v) is 4.62. The van der Waals surface area contributed by atoms with Crippen LogP contribution in [0.3, 0.4) is 0 Å². The standard InChI is InChI=1S/C9H11N3O3/c13-6-3-7(9(14)15)12(4-6)8-1-2-10-5-11-8/h1-2,5-7,13H,3-4H2,(H,14,15)/t6-,7-/m0/s1. The summed E-state index contributed by atoms with van der Waals surface area (Å²) in [5.41, 5.74) is 0. The van der Waals surface area contributed by atoms with Crippen molar-refractivity contribution < 1.29 is 15.0 Å². The Morgan fingerprint density at radius 1 is 1.60 bits per heavy atom. The Hall–Kier alpha value is -1.69. The molecule has 2 rings (SSSR count). The minimum Gasteiger partial charge on any atom is -0.480 e. The van der Waals surface area contributed by atoms with Crippen molar-refractivity contribution in [1.29, 1.82) is 0 Å². The van der Waals surface area contributed by atoms with E-state index in [2.05, 4.69) is 9.97 Å². The first kappa shape index (κ1) is 9.85. The molecule has 1 aliphatic heterocycles. The van der Waals surface area contributed by atoms with Gasteiger partial charge >= 0.3 is 5.97 Å². The van der Waals surface area contributed by atoms with Gasteiger partial charge in [0, 0.05) is 19.2 Å². The lowest BCUT2D eigenvalue weighted by molar-refractivity contribution is -0.138. The van der Waals surface area contributed by atoms with Gasteiger partial charge in [0.2, 0.25) is 0 Å². The van der Waals surface area contributed by atoms with Crippen LogP contribution < -0.4 is 4.90 Å². The molecular formula is C9H11N3O3. The quantitative estimate of drug-likeness (QED) is 0.683. The van der Waals surface area contributed by atoms with Gasteiger partial charge in [-0.05, 0) is 6.07 Å². The number of carboxylic acids is 1. The smallest absolute Gasteiger partial charge is 0.326 e.